The molecule has 0 aliphatic carbocycles. The van der Waals surface area contributed by atoms with Gasteiger partial charge in [-0.15, -0.1) is 0 Å². The molecule has 0 aromatic carbocycles. The highest BCUT2D eigenvalue weighted by atomic mass is 19.4. The van der Waals surface area contributed by atoms with Crippen LogP contribution in [0.4, 0.5) is 26.3 Å². The summed E-state index contributed by atoms with van der Waals surface area (Å²) in [5, 5.41) is 9.22. The average molecular weight is 290 g/mol. The fourth-order valence-electron chi connectivity index (χ4n) is 2.46. The van der Waals surface area contributed by atoms with E-state index in [0.717, 1.165) is 0 Å². The number of alkyl halides is 6. The Labute approximate surface area is 107 Å². The maximum absolute atomic E-state index is 13.0. The molecule has 1 atom stereocenters. The summed E-state index contributed by atoms with van der Waals surface area (Å²) in [4.78, 5) is 0. The minimum Gasteiger partial charge on any atom is -0.370 e. The molecule has 1 saturated heterocycles. The van der Waals surface area contributed by atoms with Crippen LogP contribution in [0.3, 0.4) is 0 Å². The first-order valence-corrected chi connectivity index (χ1v) is 6.03. The number of halogens is 6. The Morgan fingerprint density at radius 1 is 1.16 bits per heavy atom. The standard InChI is InChI=1S/C11H16F6N2/c1-2-3-4-5-7-9(10(12,13)14,11(15,16)17)6-8(18)19-7/h7H,2-6H2,1H3,(H2,18,19). The van der Waals surface area contributed by atoms with Crippen LogP contribution < -0.4 is 5.32 Å². The quantitative estimate of drug-likeness (QED) is 0.595. The van der Waals surface area contributed by atoms with Crippen LogP contribution in [0.25, 0.3) is 0 Å². The van der Waals surface area contributed by atoms with Crippen molar-refractivity contribution in [1.29, 1.82) is 5.41 Å². The third kappa shape index (κ3) is 2.81. The van der Waals surface area contributed by atoms with Gasteiger partial charge in [0.1, 0.15) is 0 Å². The SMILES string of the molecule is CCCCCC1NC(=N)CC1(C(F)(F)F)C(F)(F)F. The Balaban J connectivity index is 3.08. The van der Waals surface area contributed by atoms with Gasteiger partial charge in [0.05, 0.1) is 11.9 Å². The molecule has 112 valence electrons. The summed E-state index contributed by atoms with van der Waals surface area (Å²) in [5.74, 6) is -0.698. The minimum atomic E-state index is -5.42. The minimum absolute atomic E-state index is 0.241. The van der Waals surface area contributed by atoms with Crippen LogP contribution >= 0.6 is 0 Å². The molecular formula is C11H16F6N2. The Kier molecular flexibility index (Phi) is 4.41. The van der Waals surface area contributed by atoms with Crippen molar-refractivity contribution in [3.8, 4) is 0 Å². The van der Waals surface area contributed by atoms with Gasteiger partial charge in [0.15, 0.2) is 5.41 Å². The van der Waals surface area contributed by atoms with E-state index >= 15 is 0 Å². The van der Waals surface area contributed by atoms with Gasteiger partial charge >= 0.3 is 12.4 Å². The van der Waals surface area contributed by atoms with Gasteiger partial charge in [0.2, 0.25) is 0 Å². The third-order valence-electron chi connectivity index (χ3n) is 3.51. The van der Waals surface area contributed by atoms with Crippen LogP contribution in [-0.4, -0.2) is 24.2 Å². The third-order valence-corrected chi connectivity index (χ3v) is 3.51. The Morgan fingerprint density at radius 2 is 1.68 bits per heavy atom. The van der Waals surface area contributed by atoms with Gasteiger partial charge in [-0.25, -0.2) is 0 Å². The molecule has 2 nitrogen and oxygen atoms in total. The van der Waals surface area contributed by atoms with Gasteiger partial charge in [-0.3, -0.25) is 5.41 Å². The van der Waals surface area contributed by atoms with Gasteiger partial charge in [0.25, 0.3) is 0 Å². The van der Waals surface area contributed by atoms with Crippen molar-refractivity contribution in [2.45, 2.75) is 57.4 Å². The lowest BCUT2D eigenvalue weighted by Crippen LogP contribution is -2.56. The number of hydrogen-bond donors (Lipinski definition) is 2. The molecule has 1 rings (SSSR count). The van der Waals surface area contributed by atoms with Crippen LogP contribution in [0.2, 0.25) is 0 Å². The molecule has 1 heterocycles. The molecule has 1 aliphatic heterocycles. The molecule has 19 heavy (non-hydrogen) atoms. The maximum atomic E-state index is 13.0. The Bertz CT molecular complexity index is 319. The van der Waals surface area contributed by atoms with Crippen molar-refractivity contribution in [2.75, 3.05) is 0 Å². The van der Waals surface area contributed by atoms with Gasteiger partial charge in [-0.2, -0.15) is 26.3 Å². The van der Waals surface area contributed by atoms with Crippen molar-refractivity contribution < 1.29 is 26.3 Å². The zero-order valence-electron chi connectivity index (χ0n) is 10.4. The van der Waals surface area contributed by atoms with Gasteiger partial charge < -0.3 is 5.32 Å². The van der Waals surface area contributed by atoms with E-state index in [0.29, 0.717) is 12.8 Å². The predicted molar refractivity (Wildman–Crippen MR) is 58.0 cm³/mol. The van der Waals surface area contributed by atoms with Crippen molar-refractivity contribution in [3.05, 3.63) is 0 Å². The number of unbranched alkanes of at least 4 members (excludes halogenated alkanes) is 2. The van der Waals surface area contributed by atoms with Crippen molar-refractivity contribution >= 4 is 5.84 Å². The first kappa shape index (κ1) is 16.1. The first-order chi connectivity index (χ1) is 8.56. The number of rotatable bonds is 4. The van der Waals surface area contributed by atoms with Gasteiger partial charge in [-0.05, 0) is 6.42 Å². The fraction of sp³-hybridized carbons (Fsp3) is 0.909. The molecule has 8 heteroatoms. The highest BCUT2D eigenvalue weighted by Gasteiger charge is 2.76. The smallest absolute Gasteiger partial charge is 0.370 e. The molecule has 0 amide bonds. The Hall–Kier alpha value is -0.950. The summed E-state index contributed by atoms with van der Waals surface area (Å²) in [6.07, 6.45) is -10.9. The molecule has 1 aliphatic rings. The average Bonchev–Trinajstić information content (AvgIpc) is 2.55. The molecule has 0 aromatic rings. The predicted octanol–water partition coefficient (Wildman–Crippen LogP) is 4.02. The molecule has 0 bridgehead atoms. The van der Waals surface area contributed by atoms with Crippen molar-refractivity contribution in [1.82, 2.24) is 5.32 Å². The maximum Gasteiger partial charge on any atom is 0.405 e. The number of hydrogen-bond acceptors (Lipinski definition) is 1. The van der Waals surface area contributed by atoms with Crippen molar-refractivity contribution in [3.63, 3.8) is 0 Å². The lowest BCUT2D eigenvalue weighted by molar-refractivity contribution is -0.342. The molecule has 1 unspecified atom stereocenters. The van der Waals surface area contributed by atoms with E-state index in [4.69, 9.17) is 5.41 Å². The normalized spacial score (nSPS) is 23.5. The molecule has 0 saturated carbocycles. The second-order valence-electron chi connectivity index (χ2n) is 4.81. The first-order valence-electron chi connectivity index (χ1n) is 6.03. The lowest BCUT2D eigenvalue weighted by atomic mass is 9.76. The van der Waals surface area contributed by atoms with Gasteiger partial charge in [-0.1, -0.05) is 26.2 Å². The van der Waals surface area contributed by atoms with Crippen LogP contribution in [0, 0.1) is 10.8 Å². The monoisotopic (exact) mass is 290 g/mol. The van der Waals surface area contributed by atoms with E-state index in [1.807, 2.05) is 6.92 Å². The number of amidine groups is 1. The summed E-state index contributed by atoms with van der Waals surface area (Å²) in [6, 6.07) is -1.80. The molecule has 2 N–H and O–H groups in total. The second kappa shape index (κ2) is 5.20. The summed E-state index contributed by atoms with van der Waals surface area (Å²) in [6.45, 7) is 1.81. The van der Waals surface area contributed by atoms with E-state index in [9.17, 15) is 26.3 Å². The summed E-state index contributed by atoms with van der Waals surface area (Å²) >= 11 is 0. The largest absolute Gasteiger partial charge is 0.405 e. The zero-order valence-corrected chi connectivity index (χ0v) is 10.4. The zero-order chi connectivity index (χ0) is 14.9. The molecule has 0 radical (unpaired) electrons. The summed E-state index contributed by atoms with van der Waals surface area (Å²) < 4.78 is 77.9. The molecular weight excluding hydrogens is 274 g/mol. The van der Waals surface area contributed by atoms with Crippen molar-refractivity contribution in [2.24, 2.45) is 5.41 Å². The highest BCUT2D eigenvalue weighted by Crippen LogP contribution is 2.57. The van der Waals surface area contributed by atoms with E-state index in [2.05, 4.69) is 5.32 Å². The summed E-state index contributed by atoms with van der Waals surface area (Å²) in [5.41, 5.74) is -3.83. The van der Waals surface area contributed by atoms with E-state index in [1.54, 1.807) is 0 Å². The van der Waals surface area contributed by atoms with Gasteiger partial charge in [0, 0.05) is 6.42 Å². The van der Waals surface area contributed by atoms with E-state index in [-0.39, 0.29) is 12.8 Å². The van der Waals surface area contributed by atoms with E-state index < -0.39 is 36.1 Å². The van der Waals surface area contributed by atoms with Crippen LogP contribution in [0.5, 0.6) is 0 Å². The molecule has 0 spiro atoms. The Morgan fingerprint density at radius 3 is 2.11 bits per heavy atom. The second-order valence-corrected chi connectivity index (χ2v) is 4.81. The van der Waals surface area contributed by atoms with Crippen LogP contribution in [0.1, 0.15) is 39.0 Å². The number of nitrogens with one attached hydrogen (secondary N) is 2. The molecule has 1 fully saturated rings. The summed E-state index contributed by atoms with van der Waals surface area (Å²) in [7, 11) is 0. The lowest BCUT2D eigenvalue weighted by Gasteiger charge is -2.37. The fourth-order valence-corrected chi connectivity index (χ4v) is 2.46. The molecule has 0 aromatic heterocycles. The van der Waals surface area contributed by atoms with Crippen LogP contribution in [0.15, 0.2) is 0 Å². The highest BCUT2D eigenvalue weighted by molar-refractivity contribution is 5.83. The van der Waals surface area contributed by atoms with Crippen LogP contribution in [-0.2, 0) is 0 Å². The topological polar surface area (TPSA) is 35.9 Å². The van der Waals surface area contributed by atoms with E-state index in [1.165, 1.54) is 0 Å².